The van der Waals surface area contributed by atoms with Crippen molar-refractivity contribution in [2.75, 3.05) is 0 Å². The fraction of sp³-hybridized carbons (Fsp3) is 0.385. The van der Waals surface area contributed by atoms with Crippen LogP contribution in [-0.4, -0.2) is 11.5 Å². The minimum Gasteiger partial charge on any atom is -0.300 e. The highest BCUT2D eigenvalue weighted by molar-refractivity contribution is 5.99. The van der Waals surface area contributed by atoms with Crippen LogP contribution in [0.15, 0.2) is 35.3 Å². The number of nitrogens with zero attached hydrogens (tertiary/aromatic N) is 1. The molecule has 1 aromatic carbocycles. The van der Waals surface area contributed by atoms with Gasteiger partial charge in [0.2, 0.25) is 0 Å². The first-order chi connectivity index (χ1) is 7.09. The second-order valence-corrected chi connectivity index (χ2v) is 3.83. The normalized spacial score (nSPS) is 13.7. The third-order valence-corrected chi connectivity index (χ3v) is 2.20. The molecule has 15 heavy (non-hydrogen) atoms. The molecular formula is C13H17NO. The zero-order valence-electron chi connectivity index (χ0n) is 9.53. The highest BCUT2D eigenvalue weighted by Crippen LogP contribution is 2.16. The van der Waals surface area contributed by atoms with E-state index in [1.807, 2.05) is 32.0 Å². The molecule has 0 saturated heterocycles. The summed E-state index contributed by atoms with van der Waals surface area (Å²) in [5, 5.41) is 0. The molecule has 80 valence electrons. The van der Waals surface area contributed by atoms with E-state index in [2.05, 4.69) is 17.1 Å². The third kappa shape index (κ3) is 4.07. The first-order valence-electron chi connectivity index (χ1n) is 5.17. The van der Waals surface area contributed by atoms with Crippen LogP contribution in [0.4, 0.5) is 0 Å². The standard InChI is InChI=1S/C13H17NO/c1-10(9-11(2)15)14-12(3)13-7-5-4-6-8-13/h4-8,12H,9H2,1-3H3/t12-/m1/s1. The maximum absolute atomic E-state index is 10.9. The summed E-state index contributed by atoms with van der Waals surface area (Å²) in [6, 6.07) is 10.2. The minimum atomic E-state index is 0.130. The molecule has 0 aliphatic heterocycles. The number of Topliss-reactive ketones (excluding diaryl/α,β-unsaturated/α-hetero) is 1. The Labute approximate surface area is 91.0 Å². The number of hydrogen-bond acceptors (Lipinski definition) is 2. The molecule has 0 heterocycles. The van der Waals surface area contributed by atoms with Crippen LogP contribution < -0.4 is 0 Å². The summed E-state index contributed by atoms with van der Waals surface area (Å²) in [4.78, 5) is 15.4. The van der Waals surface area contributed by atoms with E-state index in [9.17, 15) is 4.79 Å². The van der Waals surface area contributed by atoms with Gasteiger partial charge in [0, 0.05) is 12.1 Å². The van der Waals surface area contributed by atoms with Crippen LogP contribution in [0.3, 0.4) is 0 Å². The SMILES string of the molecule is CC(=O)CC(C)=N[C@H](C)c1ccccc1. The van der Waals surface area contributed by atoms with Crippen LogP contribution in [0.5, 0.6) is 0 Å². The van der Waals surface area contributed by atoms with Gasteiger partial charge in [-0.25, -0.2) is 0 Å². The lowest BCUT2D eigenvalue weighted by atomic mass is 10.1. The van der Waals surface area contributed by atoms with E-state index in [4.69, 9.17) is 0 Å². The number of aliphatic imine (C=N–C) groups is 1. The van der Waals surface area contributed by atoms with Gasteiger partial charge < -0.3 is 0 Å². The Kier molecular flexibility index (Phi) is 4.22. The summed E-state index contributed by atoms with van der Waals surface area (Å²) in [6.07, 6.45) is 0.456. The van der Waals surface area contributed by atoms with Crippen molar-refractivity contribution >= 4 is 11.5 Å². The lowest BCUT2D eigenvalue weighted by molar-refractivity contribution is -0.115. The summed E-state index contributed by atoms with van der Waals surface area (Å²) >= 11 is 0. The monoisotopic (exact) mass is 203 g/mol. The fourth-order valence-corrected chi connectivity index (χ4v) is 1.54. The zero-order chi connectivity index (χ0) is 11.3. The number of carbonyl (C=O) groups excluding carboxylic acids is 1. The highest BCUT2D eigenvalue weighted by Gasteiger charge is 2.03. The molecular weight excluding hydrogens is 186 g/mol. The molecule has 0 fully saturated rings. The smallest absolute Gasteiger partial charge is 0.135 e. The maximum atomic E-state index is 10.9. The molecule has 1 aromatic rings. The van der Waals surface area contributed by atoms with E-state index in [1.165, 1.54) is 5.56 Å². The van der Waals surface area contributed by atoms with Crippen molar-refractivity contribution < 1.29 is 4.79 Å². The Hall–Kier alpha value is -1.44. The maximum Gasteiger partial charge on any atom is 0.135 e. The predicted octanol–water partition coefficient (Wildman–Crippen LogP) is 3.19. The van der Waals surface area contributed by atoms with Crippen LogP contribution in [0.1, 0.15) is 38.8 Å². The van der Waals surface area contributed by atoms with Gasteiger partial charge in [-0.1, -0.05) is 30.3 Å². The second-order valence-electron chi connectivity index (χ2n) is 3.83. The highest BCUT2D eigenvalue weighted by atomic mass is 16.1. The first kappa shape index (κ1) is 11.6. The van der Waals surface area contributed by atoms with Crippen molar-refractivity contribution in [1.82, 2.24) is 0 Å². The van der Waals surface area contributed by atoms with Crippen LogP contribution >= 0.6 is 0 Å². The van der Waals surface area contributed by atoms with Gasteiger partial charge in [0.15, 0.2) is 0 Å². The van der Waals surface area contributed by atoms with E-state index in [0.29, 0.717) is 6.42 Å². The van der Waals surface area contributed by atoms with Gasteiger partial charge in [0.05, 0.1) is 6.04 Å². The van der Waals surface area contributed by atoms with Gasteiger partial charge in [-0.3, -0.25) is 9.79 Å². The molecule has 0 amide bonds. The van der Waals surface area contributed by atoms with Crippen LogP contribution in [0.25, 0.3) is 0 Å². The Morgan fingerprint density at radius 1 is 1.27 bits per heavy atom. The lowest BCUT2D eigenvalue weighted by Gasteiger charge is -2.07. The number of ketones is 1. The Morgan fingerprint density at radius 3 is 2.40 bits per heavy atom. The summed E-state index contributed by atoms with van der Waals surface area (Å²) in [6.45, 7) is 5.53. The minimum absolute atomic E-state index is 0.130. The van der Waals surface area contributed by atoms with E-state index in [0.717, 1.165) is 5.71 Å². The van der Waals surface area contributed by atoms with E-state index < -0.39 is 0 Å². The molecule has 2 nitrogen and oxygen atoms in total. The number of rotatable bonds is 4. The first-order valence-corrected chi connectivity index (χ1v) is 5.17. The quantitative estimate of drug-likeness (QED) is 0.691. The van der Waals surface area contributed by atoms with Crippen molar-refractivity contribution in [2.24, 2.45) is 4.99 Å². The number of benzene rings is 1. The van der Waals surface area contributed by atoms with Crippen molar-refractivity contribution in [3.63, 3.8) is 0 Å². The van der Waals surface area contributed by atoms with Crippen molar-refractivity contribution in [1.29, 1.82) is 0 Å². The molecule has 2 heteroatoms. The second kappa shape index (κ2) is 5.44. The lowest BCUT2D eigenvalue weighted by Crippen LogP contribution is -2.02. The van der Waals surface area contributed by atoms with Crippen molar-refractivity contribution in [2.45, 2.75) is 33.2 Å². The molecule has 0 bridgehead atoms. The number of carbonyl (C=O) groups is 1. The van der Waals surface area contributed by atoms with Gasteiger partial charge in [0.1, 0.15) is 5.78 Å². The molecule has 0 aliphatic carbocycles. The molecule has 1 atom stereocenters. The zero-order valence-corrected chi connectivity index (χ0v) is 9.53. The Bertz CT molecular complexity index is 354. The summed E-state index contributed by atoms with van der Waals surface area (Å²) in [5.41, 5.74) is 2.08. The van der Waals surface area contributed by atoms with Crippen molar-refractivity contribution in [3.8, 4) is 0 Å². The summed E-state index contributed by atoms with van der Waals surface area (Å²) in [5.74, 6) is 0.163. The van der Waals surface area contributed by atoms with Crippen molar-refractivity contribution in [3.05, 3.63) is 35.9 Å². The number of hydrogen-bond donors (Lipinski definition) is 0. The molecule has 0 N–H and O–H groups in total. The average Bonchev–Trinajstić information content (AvgIpc) is 2.17. The van der Waals surface area contributed by atoms with Gasteiger partial charge in [0.25, 0.3) is 0 Å². The third-order valence-electron chi connectivity index (χ3n) is 2.20. The Morgan fingerprint density at radius 2 is 1.87 bits per heavy atom. The summed E-state index contributed by atoms with van der Waals surface area (Å²) < 4.78 is 0. The molecule has 1 rings (SSSR count). The van der Waals surface area contributed by atoms with E-state index >= 15 is 0 Å². The topological polar surface area (TPSA) is 29.4 Å². The van der Waals surface area contributed by atoms with Gasteiger partial charge in [-0.05, 0) is 26.3 Å². The molecule has 0 aliphatic rings. The van der Waals surface area contributed by atoms with E-state index in [-0.39, 0.29) is 11.8 Å². The fourth-order valence-electron chi connectivity index (χ4n) is 1.54. The van der Waals surface area contributed by atoms with Gasteiger partial charge in [-0.15, -0.1) is 0 Å². The van der Waals surface area contributed by atoms with Crippen LogP contribution in [0.2, 0.25) is 0 Å². The largest absolute Gasteiger partial charge is 0.300 e. The van der Waals surface area contributed by atoms with Gasteiger partial charge >= 0.3 is 0 Å². The molecule has 0 spiro atoms. The summed E-state index contributed by atoms with van der Waals surface area (Å²) in [7, 11) is 0. The molecule has 0 aromatic heterocycles. The molecule has 0 radical (unpaired) electrons. The average molecular weight is 203 g/mol. The van der Waals surface area contributed by atoms with Crippen LogP contribution in [0, 0.1) is 0 Å². The predicted molar refractivity (Wildman–Crippen MR) is 63.3 cm³/mol. The van der Waals surface area contributed by atoms with Crippen LogP contribution in [-0.2, 0) is 4.79 Å². The van der Waals surface area contributed by atoms with Gasteiger partial charge in [-0.2, -0.15) is 0 Å². The molecule has 0 unspecified atom stereocenters. The Balaban J connectivity index is 2.70. The molecule has 0 saturated carbocycles. The van der Waals surface area contributed by atoms with E-state index in [1.54, 1.807) is 6.92 Å².